The summed E-state index contributed by atoms with van der Waals surface area (Å²) in [5.74, 6) is -6.30. The minimum absolute atomic E-state index is 0.119. The second kappa shape index (κ2) is 26.2. The molecule has 3 aromatic carbocycles. The van der Waals surface area contributed by atoms with Gasteiger partial charge in [0.15, 0.2) is 6.29 Å². The number of hydrogen-bond acceptors (Lipinski definition) is 14. The Morgan fingerprint density at radius 3 is 1.74 bits per heavy atom. The van der Waals surface area contributed by atoms with Crippen molar-refractivity contribution in [1.82, 2.24) is 39.4 Å². The van der Waals surface area contributed by atoms with Crippen LogP contribution in [0.15, 0.2) is 104 Å². The van der Waals surface area contributed by atoms with E-state index in [9.17, 15) is 38.7 Å². The maximum absolute atomic E-state index is 15.2. The number of hydrogen-bond donors (Lipinski definition) is 3. The molecule has 3 atom stereocenters. The lowest BCUT2D eigenvalue weighted by Crippen LogP contribution is -2.65. The number of aromatic nitrogens is 2. The molecule has 78 heavy (non-hydrogen) atoms. The van der Waals surface area contributed by atoms with Crippen LogP contribution in [-0.4, -0.2) is 202 Å². The normalized spacial score (nSPS) is 16.7. The van der Waals surface area contributed by atoms with Gasteiger partial charge in [-0.3, -0.25) is 38.4 Å². The van der Waals surface area contributed by atoms with Crippen LogP contribution in [0.2, 0.25) is 0 Å². The fourth-order valence-corrected chi connectivity index (χ4v) is 9.59. The fraction of sp³-hybridized carbons (Fsp3) is 0.482. The fourth-order valence-electron chi connectivity index (χ4n) is 9.59. The van der Waals surface area contributed by atoms with Gasteiger partial charge in [-0.1, -0.05) is 91.0 Å². The molecule has 0 unspecified atom stereocenters. The van der Waals surface area contributed by atoms with E-state index in [1.165, 1.54) is 28.9 Å². The van der Waals surface area contributed by atoms with Gasteiger partial charge in [0.2, 0.25) is 35.4 Å². The molecule has 0 aliphatic carbocycles. The van der Waals surface area contributed by atoms with Gasteiger partial charge in [0.1, 0.15) is 42.4 Å². The second-order valence-corrected chi connectivity index (χ2v) is 21.1. The molecule has 22 heteroatoms. The largest absolute Gasteiger partial charge is 0.480 e. The number of aliphatic carboxylic acids is 1. The van der Waals surface area contributed by atoms with E-state index < -0.39 is 121 Å². The van der Waals surface area contributed by atoms with Crippen molar-refractivity contribution in [2.45, 2.75) is 95.5 Å². The highest BCUT2D eigenvalue weighted by molar-refractivity contribution is 5.97. The number of piperazine rings is 2. The van der Waals surface area contributed by atoms with Gasteiger partial charge in [-0.15, -0.1) is 0 Å². The van der Waals surface area contributed by atoms with Crippen molar-refractivity contribution in [3.63, 3.8) is 0 Å². The number of rotatable bonds is 23. The summed E-state index contributed by atoms with van der Waals surface area (Å²) in [4.78, 5) is 121. The van der Waals surface area contributed by atoms with Crippen molar-refractivity contribution in [2.75, 3.05) is 79.7 Å². The molecule has 6 amide bonds. The van der Waals surface area contributed by atoms with Crippen molar-refractivity contribution in [3.05, 3.63) is 126 Å². The number of nitrogens with one attached hydrogen (secondary N) is 1. The molecule has 4 aromatic rings. The predicted octanol–water partition coefficient (Wildman–Crippen LogP) is 1.87. The maximum atomic E-state index is 15.2. The third-order valence-corrected chi connectivity index (χ3v) is 13.2. The summed E-state index contributed by atoms with van der Waals surface area (Å²) < 4.78 is 23.9. The van der Waals surface area contributed by atoms with Crippen LogP contribution < -0.4 is 11.1 Å². The Labute approximate surface area is 454 Å². The molecule has 3 heterocycles. The number of amides is 6. The lowest BCUT2D eigenvalue weighted by Gasteiger charge is -2.43. The highest BCUT2D eigenvalue weighted by Gasteiger charge is 2.45. The van der Waals surface area contributed by atoms with Crippen LogP contribution in [0.5, 0.6) is 0 Å². The molecule has 4 N–H and O–H groups in total. The standard InChI is InChI=1S/C56H73N9O13/c1-54(2,3)77-36-42(57)51(72)62(35-50(75-7)76-8)33-47(68)64-26-24-60(32-46(67)65-27-25-61(34-48(69)70)53(74)44(65)29-45(66)58-30-49(71)78-55(4,5)6)52(73)43(64)28-41-31-63(37-59-41)56(38-18-12-9-13-19-38,39-20-14-10-15-21-39)40-22-16-11-17-23-40/h9-23,31,37,42-44,50H,24-30,32-36,57H2,1-8H3,(H,58,66)(H,69,70)/t42-,43-,44-/m0/s1. The van der Waals surface area contributed by atoms with Gasteiger partial charge in [-0.05, 0) is 58.2 Å². The van der Waals surface area contributed by atoms with Gasteiger partial charge in [-0.2, -0.15) is 0 Å². The summed E-state index contributed by atoms with van der Waals surface area (Å²) in [5.41, 5.74) is 7.04. The summed E-state index contributed by atoms with van der Waals surface area (Å²) in [5, 5.41) is 12.0. The van der Waals surface area contributed by atoms with Crippen molar-refractivity contribution in [3.8, 4) is 0 Å². The quantitative estimate of drug-likeness (QED) is 0.0544. The number of ether oxygens (including phenoxy) is 4. The number of imidazole rings is 1. The summed E-state index contributed by atoms with van der Waals surface area (Å²) in [6.07, 6.45) is 1.74. The molecule has 0 radical (unpaired) electrons. The highest BCUT2D eigenvalue weighted by atomic mass is 16.7. The third-order valence-electron chi connectivity index (χ3n) is 13.2. The minimum Gasteiger partial charge on any atom is -0.480 e. The first-order valence-electron chi connectivity index (χ1n) is 25.8. The first-order valence-corrected chi connectivity index (χ1v) is 25.8. The lowest BCUT2D eigenvalue weighted by molar-refractivity contribution is -0.161. The minimum atomic E-state index is -1.49. The molecule has 0 saturated carbocycles. The topological polar surface area (TPSA) is 266 Å². The van der Waals surface area contributed by atoms with Gasteiger partial charge in [-0.25, -0.2) is 4.98 Å². The number of nitrogens with zero attached hydrogens (tertiary/aromatic N) is 7. The Morgan fingerprint density at radius 1 is 0.731 bits per heavy atom. The number of nitrogens with two attached hydrogens (primary N) is 1. The summed E-state index contributed by atoms with van der Waals surface area (Å²) in [6, 6.07) is 25.6. The highest BCUT2D eigenvalue weighted by Crippen LogP contribution is 2.41. The average Bonchev–Trinajstić information content (AvgIpc) is 3.93. The molecule has 0 spiro atoms. The molecule has 2 fully saturated rings. The number of carboxylic acid groups (broad SMARTS) is 1. The molecule has 1 aromatic heterocycles. The third kappa shape index (κ3) is 15.1. The zero-order chi connectivity index (χ0) is 57.0. The van der Waals surface area contributed by atoms with Gasteiger partial charge in [0.25, 0.3) is 0 Å². The Balaban J connectivity index is 1.35. The van der Waals surface area contributed by atoms with E-state index in [2.05, 4.69) is 5.32 Å². The Kier molecular flexibility index (Phi) is 20.1. The van der Waals surface area contributed by atoms with Crippen LogP contribution >= 0.6 is 0 Å². The zero-order valence-corrected chi connectivity index (χ0v) is 45.7. The average molecular weight is 1080 g/mol. The van der Waals surface area contributed by atoms with Crippen LogP contribution in [0.4, 0.5) is 0 Å². The molecular formula is C56H73N9O13. The van der Waals surface area contributed by atoms with Crippen LogP contribution in [0.1, 0.15) is 70.3 Å². The van der Waals surface area contributed by atoms with E-state index in [0.29, 0.717) is 5.69 Å². The van der Waals surface area contributed by atoms with E-state index in [1.807, 2.05) is 123 Å². The smallest absolute Gasteiger partial charge is 0.325 e. The number of carbonyl (C=O) groups is 8. The summed E-state index contributed by atoms with van der Waals surface area (Å²) in [7, 11) is 2.76. The molecule has 6 rings (SSSR count). The van der Waals surface area contributed by atoms with Crippen molar-refractivity contribution < 1.29 is 62.4 Å². The van der Waals surface area contributed by atoms with Crippen LogP contribution in [0.25, 0.3) is 0 Å². The molecule has 22 nitrogen and oxygen atoms in total. The number of benzene rings is 3. The molecule has 2 saturated heterocycles. The van der Waals surface area contributed by atoms with Crippen LogP contribution in [-0.2, 0) is 69.3 Å². The molecule has 420 valence electrons. The van der Waals surface area contributed by atoms with Gasteiger partial charge in [0, 0.05) is 53.0 Å². The maximum Gasteiger partial charge on any atom is 0.325 e. The second-order valence-electron chi connectivity index (χ2n) is 21.1. The molecular weight excluding hydrogens is 1010 g/mol. The number of carbonyl (C=O) groups excluding carboxylic acids is 7. The number of carboxylic acids is 1. The lowest BCUT2D eigenvalue weighted by atomic mass is 9.77. The SMILES string of the molecule is COC(CN(CC(=O)N1CCN(CC(=O)N2CCN(CC(=O)O)C(=O)[C@@H]2CC(=O)NCC(=O)OC(C)(C)C)C(=O)[C@@H]1Cc1cn(C(c2ccccc2)(c2ccccc2)c2ccccc2)cn1)C(=O)[C@@H](N)COC(C)(C)C)OC. The number of methoxy groups -OCH3 is 2. The molecule has 2 aliphatic heterocycles. The molecule has 2 aliphatic rings. The van der Waals surface area contributed by atoms with Gasteiger partial charge >= 0.3 is 11.9 Å². The van der Waals surface area contributed by atoms with Crippen molar-refractivity contribution in [2.24, 2.45) is 5.73 Å². The Bertz CT molecular complexity index is 2630. The van der Waals surface area contributed by atoms with E-state index in [-0.39, 0.29) is 45.8 Å². The van der Waals surface area contributed by atoms with Crippen molar-refractivity contribution in [1.29, 1.82) is 0 Å². The Hall–Kier alpha value is -7.53. The first kappa shape index (κ1) is 59.7. The van der Waals surface area contributed by atoms with Crippen LogP contribution in [0, 0.1) is 0 Å². The monoisotopic (exact) mass is 1080 g/mol. The van der Waals surface area contributed by atoms with Crippen LogP contribution in [0.3, 0.4) is 0 Å². The Morgan fingerprint density at radius 2 is 1.24 bits per heavy atom. The van der Waals surface area contributed by atoms with E-state index in [1.54, 1.807) is 27.1 Å². The van der Waals surface area contributed by atoms with E-state index in [4.69, 9.17) is 29.7 Å². The summed E-state index contributed by atoms with van der Waals surface area (Å²) >= 11 is 0. The van der Waals surface area contributed by atoms with E-state index in [0.717, 1.165) is 26.5 Å². The zero-order valence-electron chi connectivity index (χ0n) is 45.7. The predicted molar refractivity (Wildman–Crippen MR) is 284 cm³/mol. The summed E-state index contributed by atoms with van der Waals surface area (Å²) in [6.45, 7) is 7.00. The van der Waals surface area contributed by atoms with Crippen molar-refractivity contribution >= 4 is 47.4 Å². The van der Waals surface area contributed by atoms with Gasteiger partial charge in [0.05, 0.1) is 50.3 Å². The first-order chi connectivity index (χ1) is 36.9. The molecule has 0 bridgehead atoms. The van der Waals surface area contributed by atoms with E-state index >= 15 is 4.79 Å². The van der Waals surface area contributed by atoms with Gasteiger partial charge < -0.3 is 64.2 Å². The number of esters is 1.